The third-order valence-corrected chi connectivity index (χ3v) is 4.00. The lowest BCUT2D eigenvalue weighted by atomic mass is 9.92. The van der Waals surface area contributed by atoms with Gasteiger partial charge in [-0.2, -0.15) is 0 Å². The van der Waals surface area contributed by atoms with Gasteiger partial charge in [0.15, 0.2) is 0 Å². The van der Waals surface area contributed by atoms with Crippen molar-refractivity contribution in [1.82, 2.24) is 0 Å². The summed E-state index contributed by atoms with van der Waals surface area (Å²) >= 11 is 9.50. The van der Waals surface area contributed by atoms with E-state index in [1.165, 1.54) is 12.1 Å². The minimum absolute atomic E-state index is 0.132. The van der Waals surface area contributed by atoms with Crippen LogP contribution in [0.3, 0.4) is 0 Å². The fourth-order valence-corrected chi connectivity index (χ4v) is 2.50. The molecule has 4 heteroatoms. The highest BCUT2D eigenvalue weighted by molar-refractivity contribution is 9.10. The Labute approximate surface area is 125 Å². The number of benzene rings is 2. The predicted octanol–water partition coefficient (Wildman–Crippen LogP) is 4.53. The maximum atomic E-state index is 13.3. The molecule has 0 aromatic heterocycles. The number of hydrogen-bond donors (Lipinski definition) is 1. The Hall–Kier alpha value is -0.900. The van der Waals surface area contributed by atoms with Gasteiger partial charge in [-0.15, -0.1) is 0 Å². The quantitative estimate of drug-likeness (QED) is 0.868. The molecule has 0 fully saturated rings. The molecule has 0 aliphatic heterocycles. The second-order valence-electron chi connectivity index (χ2n) is 4.42. The molecule has 100 valence electrons. The summed E-state index contributed by atoms with van der Waals surface area (Å²) < 4.78 is 14.3. The van der Waals surface area contributed by atoms with Gasteiger partial charge in [-0.05, 0) is 54.4 Å². The minimum atomic E-state index is -0.272. The first-order chi connectivity index (χ1) is 9.10. The largest absolute Gasteiger partial charge is 0.330 e. The summed E-state index contributed by atoms with van der Waals surface area (Å²) in [5.74, 6) is -0.140. The molecular weight excluding hydrogens is 329 g/mol. The SMILES string of the molecule is NCC(Cc1cc(F)ccc1Cl)c1ccc(Br)cc1. The van der Waals surface area contributed by atoms with Crippen LogP contribution in [-0.4, -0.2) is 6.54 Å². The first-order valence-corrected chi connectivity index (χ1v) is 7.16. The molecule has 0 heterocycles. The molecule has 0 aliphatic carbocycles. The van der Waals surface area contributed by atoms with Gasteiger partial charge in [-0.3, -0.25) is 0 Å². The van der Waals surface area contributed by atoms with E-state index in [0.29, 0.717) is 18.0 Å². The van der Waals surface area contributed by atoms with Crippen molar-refractivity contribution in [2.75, 3.05) is 6.54 Å². The van der Waals surface area contributed by atoms with E-state index in [2.05, 4.69) is 15.9 Å². The highest BCUT2D eigenvalue weighted by atomic mass is 79.9. The van der Waals surface area contributed by atoms with Gasteiger partial charge >= 0.3 is 0 Å². The van der Waals surface area contributed by atoms with Gasteiger partial charge in [0.05, 0.1) is 0 Å². The molecule has 2 aromatic rings. The summed E-state index contributed by atoms with van der Waals surface area (Å²) in [6.45, 7) is 0.495. The molecular formula is C15H14BrClFN. The van der Waals surface area contributed by atoms with Crippen LogP contribution in [0.25, 0.3) is 0 Å². The van der Waals surface area contributed by atoms with Crippen molar-refractivity contribution in [2.45, 2.75) is 12.3 Å². The van der Waals surface area contributed by atoms with Gasteiger partial charge in [0.25, 0.3) is 0 Å². The maximum absolute atomic E-state index is 13.3. The molecule has 0 radical (unpaired) electrons. The minimum Gasteiger partial charge on any atom is -0.330 e. The maximum Gasteiger partial charge on any atom is 0.123 e. The molecule has 2 aromatic carbocycles. The van der Waals surface area contributed by atoms with Crippen molar-refractivity contribution in [3.8, 4) is 0 Å². The Balaban J connectivity index is 2.23. The second-order valence-corrected chi connectivity index (χ2v) is 5.75. The highest BCUT2D eigenvalue weighted by Gasteiger charge is 2.13. The summed E-state index contributed by atoms with van der Waals surface area (Å²) in [6.07, 6.45) is 0.634. The zero-order valence-corrected chi connectivity index (χ0v) is 12.6. The van der Waals surface area contributed by atoms with Gasteiger partial charge in [0.1, 0.15) is 5.82 Å². The molecule has 0 bridgehead atoms. The summed E-state index contributed by atoms with van der Waals surface area (Å²) in [7, 11) is 0. The van der Waals surface area contributed by atoms with Crippen LogP contribution >= 0.6 is 27.5 Å². The van der Waals surface area contributed by atoms with E-state index in [-0.39, 0.29) is 11.7 Å². The molecule has 0 amide bonds. The highest BCUT2D eigenvalue weighted by Crippen LogP contribution is 2.26. The van der Waals surface area contributed by atoms with Crippen LogP contribution in [0, 0.1) is 5.82 Å². The average molecular weight is 343 g/mol. The van der Waals surface area contributed by atoms with E-state index in [9.17, 15) is 4.39 Å². The molecule has 19 heavy (non-hydrogen) atoms. The predicted molar refractivity (Wildman–Crippen MR) is 81.1 cm³/mol. The number of nitrogens with two attached hydrogens (primary N) is 1. The van der Waals surface area contributed by atoms with E-state index in [1.54, 1.807) is 6.07 Å². The average Bonchev–Trinajstić information content (AvgIpc) is 2.41. The molecule has 2 rings (SSSR count). The van der Waals surface area contributed by atoms with Gasteiger partial charge in [0.2, 0.25) is 0 Å². The Bertz CT molecular complexity index is 557. The van der Waals surface area contributed by atoms with Crippen molar-refractivity contribution in [3.05, 3.63) is 68.9 Å². The Morgan fingerprint density at radius 2 is 1.84 bits per heavy atom. The Morgan fingerprint density at radius 3 is 2.47 bits per heavy atom. The van der Waals surface area contributed by atoms with E-state index in [0.717, 1.165) is 15.6 Å². The van der Waals surface area contributed by atoms with Crippen molar-refractivity contribution >= 4 is 27.5 Å². The number of rotatable bonds is 4. The van der Waals surface area contributed by atoms with Crippen LogP contribution in [0.4, 0.5) is 4.39 Å². The fourth-order valence-electron chi connectivity index (χ4n) is 2.04. The summed E-state index contributed by atoms with van der Waals surface area (Å²) in [5, 5.41) is 0.581. The molecule has 2 N–H and O–H groups in total. The third kappa shape index (κ3) is 3.78. The van der Waals surface area contributed by atoms with Crippen molar-refractivity contribution in [2.24, 2.45) is 5.73 Å². The summed E-state index contributed by atoms with van der Waals surface area (Å²) in [4.78, 5) is 0. The fraction of sp³-hybridized carbons (Fsp3) is 0.200. The first-order valence-electron chi connectivity index (χ1n) is 5.99. The van der Waals surface area contributed by atoms with Crippen LogP contribution < -0.4 is 5.73 Å². The molecule has 0 spiro atoms. The van der Waals surface area contributed by atoms with E-state index >= 15 is 0 Å². The van der Waals surface area contributed by atoms with Crippen LogP contribution in [0.1, 0.15) is 17.0 Å². The molecule has 0 saturated carbocycles. The van der Waals surface area contributed by atoms with Crippen LogP contribution in [0.15, 0.2) is 46.9 Å². The van der Waals surface area contributed by atoms with Crippen molar-refractivity contribution in [1.29, 1.82) is 0 Å². The molecule has 1 unspecified atom stereocenters. The lowest BCUT2D eigenvalue weighted by molar-refractivity contribution is 0.621. The summed E-state index contributed by atoms with van der Waals surface area (Å²) in [6, 6.07) is 12.4. The molecule has 1 atom stereocenters. The zero-order chi connectivity index (χ0) is 13.8. The lowest BCUT2D eigenvalue weighted by Gasteiger charge is -2.16. The molecule has 1 nitrogen and oxygen atoms in total. The van der Waals surface area contributed by atoms with Crippen molar-refractivity contribution < 1.29 is 4.39 Å². The molecule has 0 aliphatic rings. The van der Waals surface area contributed by atoms with Gasteiger partial charge in [-0.1, -0.05) is 39.7 Å². The van der Waals surface area contributed by atoms with Gasteiger partial charge in [-0.25, -0.2) is 4.39 Å². The van der Waals surface area contributed by atoms with Crippen LogP contribution in [0.5, 0.6) is 0 Å². The smallest absolute Gasteiger partial charge is 0.123 e. The molecule has 0 saturated heterocycles. The normalized spacial score (nSPS) is 12.4. The van der Waals surface area contributed by atoms with E-state index < -0.39 is 0 Å². The standard InChI is InChI=1S/C15H14BrClFN/c16-13-3-1-10(2-4-13)12(9-19)7-11-8-14(18)5-6-15(11)17/h1-6,8,12H,7,9,19H2. The lowest BCUT2D eigenvalue weighted by Crippen LogP contribution is -2.15. The van der Waals surface area contributed by atoms with Gasteiger partial charge in [0, 0.05) is 15.4 Å². The summed E-state index contributed by atoms with van der Waals surface area (Å²) in [5.41, 5.74) is 7.75. The van der Waals surface area contributed by atoms with Crippen molar-refractivity contribution in [3.63, 3.8) is 0 Å². The number of halogens is 3. The monoisotopic (exact) mass is 341 g/mol. The first kappa shape index (κ1) is 14.5. The zero-order valence-electron chi connectivity index (χ0n) is 10.2. The Kier molecular flexibility index (Phi) is 4.97. The van der Waals surface area contributed by atoms with Gasteiger partial charge < -0.3 is 5.73 Å². The second kappa shape index (κ2) is 6.51. The third-order valence-electron chi connectivity index (χ3n) is 3.10. The van der Waals surface area contributed by atoms with Crippen LogP contribution in [-0.2, 0) is 6.42 Å². The van der Waals surface area contributed by atoms with E-state index in [4.69, 9.17) is 17.3 Å². The number of hydrogen-bond acceptors (Lipinski definition) is 1. The van der Waals surface area contributed by atoms with E-state index in [1.807, 2.05) is 24.3 Å². The van der Waals surface area contributed by atoms with Crippen LogP contribution in [0.2, 0.25) is 5.02 Å². The topological polar surface area (TPSA) is 26.0 Å². The Morgan fingerprint density at radius 1 is 1.16 bits per heavy atom.